The normalized spacial score (nSPS) is 16.8. The molecule has 106 valence electrons. The number of rotatable bonds is 1. The second-order valence-electron chi connectivity index (χ2n) is 5.96. The molecule has 5 heteroatoms. The Morgan fingerprint density at radius 3 is 2.35 bits per heavy atom. The number of ether oxygens (including phenoxy) is 2. The summed E-state index contributed by atoms with van der Waals surface area (Å²) >= 11 is 0. The molecular weight excluding hydrogens is 256 g/mol. The minimum atomic E-state index is -0.0106. The van der Waals surface area contributed by atoms with E-state index in [1.54, 1.807) is 6.20 Å². The second kappa shape index (κ2) is 4.44. The van der Waals surface area contributed by atoms with Gasteiger partial charge in [-0.25, -0.2) is 0 Å². The molecule has 0 radical (unpaired) electrons. The average molecular weight is 274 g/mol. The van der Waals surface area contributed by atoms with Gasteiger partial charge in [-0.05, 0) is 30.2 Å². The van der Waals surface area contributed by atoms with Crippen molar-refractivity contribution in [2.45, 2.75) is 20.8 Å². The molecule has 0 saturated heterocycles. The summed E-state index contributed by atoms with van der Waals surface area (Å²) in [5, 5.41) is 3.72. The third-order valence-corrected chi connectivity index (χ3v) is 3.42. The molecule has 0 amide bonds. The third kappa shape index (κ3) is 2.19. The molecular formula is C15H18N2O3. The number of fused-ring (bicyclic) bond motifs is 1. The van der Waals surface area contributed by atoms with Gasteiger partial charge in [-0.3, -0.25) is 0 Å². The number of nitrogen functional groups attached to an aromatic ring is 1. The lowest BCUT2D eigenvalue weighted by atomic mass is 9.97. The zero-order valence-electron chi connectivity index (χ0n) is 11.9. The summed E-state index contributed by atoms with van der Waals surface area (Å²) in [5.74, 6) is 1.81. The Morgan fingerprint density at radius 2 is 1.75 bits per heavy atom. The van der Waals surface area contributed by atoms with Gasteiger partial charge in [0, 0.05) is 5.41 Å². The Kier molecular flexibility index (Phi) is 2.85. The number of benzene rings is 1. The molecule has 1 aliphatic heterocycles. The number of hydrogen-bond acceptors (Lipinski definition) is 5. The van der Waals surface area contributed by atoms with Gasteiger partial charge in [0.25, 0.3) is 0 Å². The van der Waals surface area contributed by atoms with Gasteiger partial charge in [0.15, 0.2) is 11.5 Å². The predicted molar refractivity (Wildman–Crippen MR) is 75.9 cm³/mol. The first-order valence-corrected chi connectivity index (χ1v) is 6.57. The molecule has 0 spiro atoms. The van der Waals surface area contributed by atoms with E-state index < -0.39 is 0 Å². The first kappa shape index (κ1) is 12.8. The van der Waals surface area contributed by atoms with E-state index in [1.165, 1.54) is 0 Å². The summed E-state index contributed by atoms with van der Waals surface area (Å²) in [6.45, 7) is 7.48. The second-order valence-corrected chi connectivity index (χ2v) is 5.96. The Morgan fingerprint density at radius 1 is 1.10 bits per heavy atom. The van der Waals surface area contributed by atoms with E-state index >= 15 is 0 Å². The van der Waals surface area contributed by atoms with Gasteiger partial charge >= 0.3 is 0 Å². The Hall–Kier alpha value is -2.17. The lowest BCUT2D eigenvalue weighted by molar-refractivity contribution is 0.140. The van der Waals surface area contributed by atoms with Crippen molar-refractivity contribution >= 4 is 5.88 Å². The highest BCUT2D eigenvalue weighted by atomic mass is 16.5. The molecule has 1 aromatic carbocycles. The van der Waals surface area contributed by atoms with Crippen molar-refractivity contribution in [1.82, 2.24) is 5.16 Å². The zero-order chi connectivity index (χ0) is 14.3. The van der Waals surface area contributed by atoms with Gasteiger partial charge in [-0.2, -0.15) is 0 Å². The van der Waals surface area contributed by atoms with Crippen molar-refractivity contribution in [3.05, 3.63) is 23.9 Å². The Labute approximate surface area is 117 Å². The lowest BCUT2D eigenvalue weighted by Crippen LogP contribution is -2.26. The van der Waals surface area contributed by atoms with Crippen LogP contribution in [0.4, 0.5) is 5.88 Å². The molecule has 0 unspecified atom stereocenters. The van der Waals surface area contributed by atoms with Crippen molar-refractivity contribution in [2.24, 2.45) is 5.41 Å². The summed E-state index contributed by atoms with van der Waals surface area (Å²) in [5.41, 5.74) is 8.55. The number of aromatic nitrogens is 1. The molecule has 2 aromatic rings. The SMILES string of the molecule is Cc1cc2c(cc1-c1cnoc1N)OCC(C)(C)CO2. The molecule has 0 saturated carbocycles. The van der Waals surface area contributed by atoms with E-state index in [4.69, 9.17) is 19.7 Å². The van der Waals surface area contributed by atoms with Gasteiger partial charge in [0.1, 0.15) is 0 Å². The highest BCUT2D eigenvalue weighted by molar-refractivity contribution is 5.77. The molecule has 0 aliphatic carbocycles. The molecule has 3 rings (SSSR count). The summed E-state index contributed by atoms with van der Waals surface area (Å²) in [7, 11) is 0. The third-order valence-electron chi connectivity index (χ3n) is 3.42. The van der Waals surface area contributed by atoms with Gasteiger partial charge in [-0.15, -0.1) is 0 Å². The summed E-state index contributed by atoms with van der Waals surface area (Å²) in [4.78, 5) is 0. The van der Waals surface area contributed by atoms with E-state index in [1.807, 2.05) is 19.1 Å². The minimum Gasteiger partial charge on any atom is -0.489 e. The Balaban J connectivity index is 2.05. The molecule has 0 fully saturated rings. The van der Waals surface area contributed by atoms with Crippen LogP contribution in [0, 0.1) is 12.3 Å². The fraction of sp³-hybridized carbons (Fsp3) is 0.400. The van der Waals surface area contributed by atoms with Crippen LogP contribution in [0.5, 0.6) is 11.5 Å². The highest BCUT2D eigenvalue weighted by Crippen LogP contribution is 2.40. The average Bonchev–Trinajstić information content (AvgIpc) is 2.75. The van der Waals surface area contributed by atoms with Crippen LogP contribution in [0.25, 0.3) is 11.1 Å². The van der Waals surface area contributed by atoms with Crippen molar-refractivity contribution < 1.29 is 14.0 Å². The smallest absolute Gasteiger partial charge is 0.229 e. The van der Waals surface area contributed by atoms with Crippen LogP contribution in [-0.4, -0.2) is 18.4 Å². The van der Waals surface area contributed by atoms with Gasteiger partial charge < -0.3 is 19.7 Å². The van der Waals surface area contributed by atoms with Crippen molar-refractivity contribution in [3.63, 3.8) is 0 Å². The predicted octanol–water partition coefficient (Wildman–Crippen LogP) is 3.03. The fourth-order valence-electron chi connectivity index (χ4n) is 2.22. The molecule has 0 bridgehead atoms. The maximum Gasteiger partial charge on any atom is 0.229 e. The number of nitrogens with zero attached hydrogens (tertiary/aromatic N) is 1. The monoisotopic (exact) mass is 274 g/mol. The highest BCUT2D eigenvalue weighted by Gasteiger charge is 2.26. The van der Waals surface area contributed by atoms with Crippen LogP contribution >= 0.6 is 0 Å². The lowest BCUT2D eigenvalue weighted by Gasteiger charge is -2.19. The van der Waals surface area contributed by atoms with Crippen molar-refractivity contribution in [1.29, 1.82) is 0 Å². The van der Waals surface area contributed by atoms with Crippen molar-refractivity contribution in [3.8, 4) is 22.6 Å². The standard InChI is InChI=1S/C15H18N2O3/c1-9-4-12-13(19-8-15(2,3)7-18-12)5-10(9)11-6-17-20-14(11)16/h4-6H,7-8,16H2,1-3H3. The first-order chi connectivity index (χ1) is 9.46. The molecule has 5 nitrogen and oxygen atoms in total. The maximum absolute atomic E-state index is 5.88. The number of anilines is 1. The van der Waals surface area contributed by atoms with Crippen LogP contribution in [-0.2, 0) is 0 Å². The summed E-state index contributed by atoms with van der Waals surface area (Å²) in [6, 6.07) is 3.91. The van der Waals surface area contributed by atoms with Crippen LogP contribution in [0.1, 0.15) is 19.4 Å². The van der Waals surface area contributed by atoms with E-state index in [9.17, 15) is 0 Å². The summed E-state index contributed by atoms with van der Waals surface area (Å²) in [6.07, 6.45) is 1.62. The topological polar surface area (TPSA) is 70.5 Å². The maximum atomic E-state index is 5.88. The van der Waals surface area contributed by atoms with Crippen molar-refractivity contribution in [2.75, 3.05) is 18.9 Å². The van der Waals surface area contributed by atoms with E-state index in [2.05, 4.69) is 19.0 Å². The van der Waals surface area contributed by atoms with Gasteiger partial charge in [-0.1, -0.05) is 19.0 Å². The van der Waals surface area contributed by atoms with Crippen LogP contribution in [0.15, 0.2) is 22.9 Å². The van der Waals surface area contributed by atoms with Gasteiger partial charge in [0.05, 0.1) is 25.0 Å². The van der Waals surface area contributed by atoms with E-state index in [-0.39, 0.29) is 5.41 Å². The van der Waals surface area contributed by atoms with E-state index in [0.29, 0.717) is 19.1 Å². The number of hydrogen-bond donors (Lipinski definition) is 1. The minimum absolute atomic E-state index is 0.0106. The molecule has 20 heavy (non-hydrogen) atoms. The number of nitrogens with two attached hydrogens (primary N) is 1. The van der Waals surface area contributed by atoms with E-state index in [0.717, 1.165) is 28.2 Å². The van der Waals surface area contributed by atoms with Gasteiger partial charge in [0.2, 0.25) is 5.88 Å². The molecule has 1 aromatic heterocycles. The molecule has 0 atom stereocenters. The molecule has 2 N–H and O–H groups in total. The quantitative estimate of drug-likeness (QED) is 0.865. The van der Waals surface area contributed by atoms with Crippen LogP contribution in [0.2, 0.25) is 0 Å². The largest absolute Gasteiger partial charge is 0.489 e. The fourth-order valence-corrected chi connectivity index (χ4v) is 2.22. The first-order valence-electron chi connectivity index (χ1n) is 6.57. The molecule has 2 heterocycles. The number of aryl methyl sites for hydroxylation is 1. The summed E-state index contributed by atoms with van der Waals surface area (Å²) < 4.78 is 16.7. The zero-order valence-corrected chi connectivity index (χ0v) is 11.9. The Bertz CT molecular complexity index is 647. The van der Waals surface area contributed by atoms with Crippen LogP contribution in [0.3, 0.4) is 0 Å². The van der Waals surface area contributed by atoms with Crippen LogP contribution < -0.4 is 15.2 Å². The molecule has 1 aliphatic rings.